The molecule has 2 aliphatic heterocycles. The van der Waals surface area contributed by atoms with Crippen LogP contribution in [-0.2, 0) is 0 Å². The van der Waals surface area contributed by atoms with Crippen LogP contribution in [0.25, 0.3) is 0 Å². The highest BCUT2D eigenvalue weighted by molar-refractivity contribution is 5.09. The third kappa shape index (κ3) is 0.833. The molecule has 1 unspecified atom stereocenters. The van der Waals surface area contributed by atoms with Crippen LogP contribution in [0.5, 0.6) is 0 Å². The predicted molar refractivity (Wildman–Crippen MR) is 41.7 cm³/mol. The fourth-order valence-corrected chi connectivity index (χ4v) is 1.97. The molecule has 0 bridgehead atoms. The van der Waals surface area contributed by atoms with Crippen molar-refractivity contribution in [1.82, 2.24) is 10.2 Å². The smallest absolute Gasteiger partial charge is 0.0490 e. The van der Waals surface area contributed by atoms with Crippen molar-refractivity contribution in [1.29, 1.82) is 0 Å². The summed E-state index contributed by atoms with van der Waals surface area (Å²) in [5.74, 6) is 0. The fourth-order valence-electron chi connectivity index (χ4n) is 1.97. The number of fused-ring (bicyclic) bond motifs is 1. The van der Waals surface area contributed by atoms with E-state index < -0.39 is 0 Å². The lowest BCUT2D eigenvalue weighted by molar-refractivity contribution is 0.246. The Morgan fingerprint density at radius 2 is 2.40 bits per heavy atom. The van der Waals surface area contributed by atoms with Gasteiger partial charge in [-0.15, -0.1) is 0 Å². The Morgan fingerprint density at radius 1 is 1.50 bits per heavy atom. The second-order valence-electron chi connectivity index (χ2n) is 3.15. The molecule has 0 aromatic heterocycles. The third-order valence-electron chi connectivity index (χ3n) is 2.52. The Morgan fingerprint density at radius 3 is 3.20 bits per heavy atom. The zero-order valence-electron chi connectivity index (χ0n) is 6.27. The SMILES string of the molecule is C=C1NCCN2CCCC12. The summed E-state index contributed by atoms with van der Waals surface area (Å²) in [7, 11) is 0. The van der Waals surface area contributed by atoms with Crippen LogP contribution in [0.3, 0.4) is 0 Å². The van der Waals surface area contributed by atoms with Gasteiger partial charge in [0.25, 0.3) is 0 Å². The molecule has 2 nitrogen and oxygen atoms in total. The zero-order valence-corrected chi connectivity index (χ0v) is 6.27. The van der Waals surface area contributed by atoms with Gasteiger partial charge in [0.2, 0.25) is 0 Å². The summed E-state index contributed by atoms with van der Waals surface area (Å²) in [6.45, 7) is 7.59. The van der Waals surface area contributed by atoms with E-state index in [-0.39, 0.29) is 0 Å². The number of nitrogens with one attached hydrogen (secondary N) is 1. The zero-order chi connectivity index (χ0) is 6.97. The molecule has 0 aromatic rings. The molecule has 1 atom stereocenters. The molecule has 10 heavy (non-hydrogen) atoms. The Labute approximate surface area is 61.9 Å². The van der Waals surface area contributed by atoms with Gasteiger partial charge in [-0.05, 0) is 19.4 Å². The second-order valence-corrected chi connectivity index (χ2v) is 3.15. The average Bonchev–Trinajstić information content (AvgIpc) is 2.36. The van der Waals surface area contributed by atoms with Crippen LogP contribution in [-0.4, -0.2) is 30.6 Å². The van der Waals surface area contributed by atoms with E-state index in [4.69, 9.17) is 0 Å². The number of rotatable bonds is 0. The molecule has 0 spiro atoms. The van der Waals surface area contributed by atoms with Crippen LogP contribution >= 0.6 is 0 Å². The highest BCUT2D eigenvalue weighted by Crippen LogP contribution is 2.22. The molecular weight excluding hydrogens is 124 g/mol. The lowest BCUT2D eigenvalue weighted by Gasteiger charge is -2.32. The Hall–Kier alpha value is -0.500. The first-order chi connectivity index (χ1) is 4.88. The van der Waals surface area contributed by atoms with Crippen LogP contribution in [0.15, 0.2) is 12.3 Å². The van der Waals surface area contributed by atoms with Crippen molar-refractivity contribution in [2.75, 3.05) is 19.6 Å². The summed E-state index contributed by atoms with van der Waals surface area (Å²) in [5, 5.41) is 3.32. The van der Waals surface area contributed by atoms with Gasteiger partial charge in [-0.1, -0.05) is 6.58 Å². The monoisotopic (exact) mass is 138 g/mol. The maximum Gasteiger partial charge on any atom is 0.0490 e. The maximum absolute atomic E-state index is 4.00. The molecule has 2 rings (SSSR count). The standard InChI is InChI=1S/C8H14N2/c1-7-8-3-2-5-10(8)6-4-9-7/h8-9H,1-6H2. The highest BCUT2D eigenvalue weighted by atomic mass is 15.2. The van der Waals surface area contributed by atoms with Crippen molar-refractivity contribution >= 4 is 0 Å². The van der Waals surface area contributed by atoms with Gasteiger partial charge in [-0.2, -0.15) is 0 Å². The average molecular weight is 138 g/mol. The van der Waals surface area contributed by atoms with Gasteiger partial charge >= 0.3 is 0 Å². The van der Waals surface area contributed by atoms with E-state index in [0.717, 1.165) is 6.54 Å². The Bertz CT molecular complexity index is 153. The van der Waals surface area contributed by atoms with Crippen LogP contribution in [0.1, 0.15) is 12.8 Å². The van der Waals surface area contributed by atoms with E-state index in [1.165, 1.54) is 31.6 Å². The van der Waals surface area contributed by atoms with Gasteiger partial charge in [0.15, 0.2) is 0 Å². The minimum Gasteiger partial charge on any atom is -0.386 e. The topological polar surface area (TPSA) is 15.3 Å². The van der Waals surface area contributed by atoms with E-state index >= 15 is 0 Å². The predicted octanol–water partition coefficient (Wildman–Crippen LogP) is 0.568. The first-order valence-corrected chi connectivity index (χ1v) is 4.04. The fraction of sp³-hybridized carbons (Fsp3) is 0.750. The molecule has 56 valence electrons. The molecule has 0 aromatic carbocycles. The minimum absolute atomic E-state index is 0.661. The molecule has 2 fully saturated rings. The van der Waals surface area contributed by atoms with Crippen molar-refractivity contribution in [2.45, 2.75) is 18.9 Å². The van der Waals surface area contributed by atoms with Gasteiger partial charge in [-0.3, -0.25) is 4.90 Å². The Balaban J connectivity index is 2.10. The molecule has 1 N–H and O–H groups in total. The molecule has 0 amide bonds. The van der Waals surface area contributed by atoms with Crippen LogP contribution in [0.2, 0.25) is 0 Å². The number of piperazine rings is 1. The molecule has 0 radical (unpaired) electrons. The highest BCUT2D eigenvalue weighted by Gasteiger charge is 2.28. The lowest BCUT2D eigenvalue weighted by atomic mass is 10.1. The van der Waals surface area contributed by atoms with E-state index in [1.807, 2.05) is 0 Å². The van der Waals surface area contributed by atoms with Gasteiger partial charge in [0.1, 0.15) is 0 Å². The molecule has 2 aliphatic rings. The van der Waals surface area contributed by atoms with Gasteiger partial charge in [-0.25, -0.2) is 0 Å². The first-order valence-electron chi connectivity index (χ1n) is 4.04. The summed E-state index contributed by atoms with van der Waals surface area (Å²) in [4.78, 5) is 2.53. The number of nitrogens with zero attached hydrogens (tertiary/aromatic N) is 1. The van der Waals surface area contributed by atoms with Crippen LogP contribution < -0.4 is 5.32 Å². The van der Waals surface area contributed by atoms with Crippen molar-refractivity contribution < 1.29 is 0 Å². The van der Waals surface area contributed by atoms with Crippen molar-refractivity contribution in [3.8, 4) is 0 Å². The summed E-state index contributed by atoms with van der Waals surface area (Å²) < 4.78 is 0. The summed E-state index contributed by atoms with van der Waals surface area (Å²) >= 11 is 0. The molecule has 2 saturated heterocycles. The Kier molecular flexibility index (Phi) is 1.42. The van der Waals surface area contributed by atoms with Crippen molar-refractivity contribution in [3.05, 3.63) is 12.3 Å². The van der Waals surface area contributed by atoms with Crippen LogP contribution in [0, 0.1) is 0 Å². The first kappa shape index (κ1) is 6.23. The summed E-state index contributed by atoms with van der Waals surface area (Å²) in [6, 6.07) is 0.661. The minimum atomic E-state index is 0.661. The maximum atomic E-state index is 4.00. The van der Waals surface area contributed by atoms with Gasteiger partial charge in [0, 0.05) is 24.8 Å². The second kappa shape index (κ2) is 2.27. The van der Waals surface area contributed by atoms with Gasteiger partial charge < -0.3 is 5.32 Å². The lowest BCUT2D eigenvalue weighted by Crippen LogP contribution is -2.45. The van der Waals surface area contributed by atoms with E-state index in [1.54, 1.807) is 0 Å². The molecule has 2 heteroatoms. The third-order valence-corrected chi connectivity index (χ3v) is 2.52. The molecule has 0 aliphatic carbocycles. The summed E-state index contributed by atoms with van der Waals surface area (Å²) in [5.41, 5.74) is 1.24. The quantitative estimate of drug-likeness (QED) is 0.526. The van der Waals surface area contributed by atoms with E-state index in [9.17, 15) is 0 Å². The number of hydrogen-bond acceptors (Lipinski definition) is 2. The van der Waals surface area contributed by atoms with Crippen molar-refractivity contribution in [3.63, 3.8) is 0 Å². The van der Waals surface area contributed by atoms with Crippen LogP contribution in [0.4, 0.5) is 0 Å². The van der Waals surface area contributed by atoms with Crippen molar-refractivity contribution in [2.24, 2.45) is 0 Å². The molecule has 0 saturated carbocycles. The van der Waals surface area contributed by atoms with E-state index in [0.29, 0.717) is 6.04 Å². The molecule has 2 heterocycles. The van der Waals surface area contributed by atoms with E-state index in [2.05, 4.69) is 16.8 Å². The largest absolute Gasteiger partial charge is 0.386 e. The normalized spacial score (nSPS) is 33.6. The summed E-state index contributed by atoms with van der Waals surface area (Å²) in [6.07, 6.45) is 2.66. The molecular formula is C8H14N2. The number of hydrogen-bond donors (Lipinski definition) is 1. The van der Waals surface area contributed by atoms with Gasteiger partial charge in [0.05, 0.1) is 0 Å².